The molecule has 0 aromatic carbocycles. The predicted octanol–water partition coefficient (Wildman–Crippen LogP) is 5.17. The molecule has 0 amide bonds. The van der Waals surface area contributed by atoms with Crippen LogP contribution in [0.25, 0.3) is 0 Å². The second-order valence-corrected chi connectivity index (χ2v) is 10.5. The summed E-state index contributed by atoms with van der Waals surface area (Å²) in [5.74, 6) is 1.12. The normalized spacial score (nSPS) is 11.8. The van der Waals surface area contributed by atoms with E-state index in [-0.39, 0.29) is 21.7 Å². The fourth-order valence-electron chi connectivity index (χ4n) is 3.66. The number of unbranched alkanes of at least 4 members (excludes halogenated alkanes) is 10. The molecule has 0 aliphatic carbocycles. The molecule has 0 aromatic rings. The Labute approximate surface area is 259 Å². The van der Waals surface area contributed by atoms with Crippen LogP contribution in [-0.2, 0) is 21.7 Å². The smallest absolute Gasteiger partial charge is 0.865 e. The Hall–Kier alpha value is 0.474. The van der Waals surface area contributed by atoms with E-state index in [1.165, 1.54) is 77.0 Å². The molecule has 2 N–H and O–H groups in total. The van der Waals surface area contributed by atoms with Crippen molar-refractivity contribution >= 4 is 0 Å². The molecule has 0 spiro atoms. The van der Waals surface area contributed by atoms with E-state index in [1.807, 2.05) is 0 Å². The molecule has 7 heteroatoms. The van der Waals surface area contributed by atoms with Crippen LogP contribution in [-0.4, -0.2) is 36.0 Å². The van der Waals surface area contributed by atoms with Gasteiger partial charge in [0.05, 0.1) is 0 Å². The molecule has 0 radical (unpaired) electrons. The summed E-state index contributed by atoms with van der Waals surface area (Å²) in [4.78, 5) is 0. The van der Waals surface area contributed by atoms with Crippen LogP contribution in [0.2, 0.25) is 0 Å². The van der Waals surface area contributed by atoms with Crippen molar-refractivity contribution in [2.75, 3.05) is 13.2 Å². The number of aliphatic hydroxyl groups excluding tert-OH is 2. The zero-order valence-corrected chi connectivity index (χ0v) is 28.5. The Bertz CT molecular complexity index is 331. The molecule has 0 saturated heterocycles. The Morgan fingerprint density at radius 3 is 0.897 bits per heavy atom. The van der Waals surface area contributed by atoms with Gasteiger partial charge in [-0.3, -0.25) is 0 Å². The molecule has 0 fully saturated rings. The Morgan fingerprint density at radius 1 is 0.410 bits per heavy atom. The van der Waals surface area contributed by atoms with E-state index in [2.05, 4.69) is 41.5 Å². The first-order chi connectivity index (χ1) is 18.2. The van der Waals surface area contributed by atoms with E-state index in [1.54, 1.807) is 0 Å². The Morgan fingerprint density at radius 2 is 0.692 bits per heavy atom. The summed E-state index contributed by atoms with van der Waals surface area (Å²) < 4.78 is 0. The number of hydrogen-bond acceptors (Lipinski definition) is 6. The van der Waals surface area contributed by atoms with E-state index in [0.29, 0.717) is 37.9 Å². The van der Waals surface area contributed by atoms with Gasteiger partial charge in [0, 0.05) is 13.2 Å². The minimum Gasteiger partial charge on any atom is -0.865 e. The number of aliphatic hydroxyl groups is 2. The van der Waals surface area contributed by atoms with Crippen LogP contribution in [0.1, 0.15) is 170 Å². The van der Waals surface area contributed by atoms with Crippen LogP contribution in [0.5, 0.6) is 0 Å². The average molecular weight is 597 g/mol. The van der Waals surface area contributed by atoms with Crippen molar-refractivity contribution in [3.8, 4) is 0 Å². The Kier molecular flexibility index (Phi) is 57.3. The molecular weight excluding hydrogens is 528 g/mol. The quantitative estimate of drug-likeness (QED) is 0.101. The zero-order valence-electron chi connectivity index (χ0n) is 26.9. The van der Waals surface area contributed by atoms with E-state index >= 15 is 0 Å². The molecule has 0 aliphatic rings. The van der Waals surface area contributed by atoms with Gasteiger partial charge in [0.15, 0.2) is 0 Å². The predicted molar refractivity (Wildman–Crippen MR) is 155 cm³/mol. The second-order valence-electron chi connectivity index (χ2n) is 10.5. The molecule has 39 heavy (non-hydrogen) atoms. The molecule has 0 rings (SSSR count). The van der Waals surface area contributed by atoms with Crippen LogP contribution in [0.15, 0.2) is 0 Å². The summed E-state index contributed by atoms with van der Waals surface area (Å²) in [7, 11) is 0. The first kappa shape index (κ1) is 49.2. The third-order valence-corrected chi connectivity index (χ3v) is 6.69. The molecule has 6 nitrogen and oxygen atoms in total. The molecule has 2 atom stereocenters. The molecular formula is C32H68O6Ti. The third kappa shape index (κ3) is 55.1. The molecule has 0 bridgehead atoms. The fourth-order valence-corrected chi connectivity index (χ4v) is 3.66. The third-order valence-electron chi connectivity index (χ3n) is 6.69. The summed E-state index contributed by atoms with van der Waals surface area (Å²) in [5.41, 5.74) is 0. The molecule has 0 saturated carbocycles. The van der Waals surface area contributed by atoms with E-state index < -0.39 is 12.6 Å². The molecule has 0 heterocycles. The van der Waals surface area contributed by atoms with Crippen molar-refractivity contribution in [3.05, 3.63) is 0 Å². The van der Waals surface area contributed by atoms with E-state index in [0.717, 1.165) is 38.5 Å². The van der Waals surface area contributed by atoms with Gasteiger partial charge in [-0.15, -0.1) is 0 Å². The van der Waals surface area contributed by atoms with Crippen molar-refractivity contribution in [1.29, 1.82) is 0 Å². The molecule has 0 aromatic heterocycles. The summed E-state index contributed by atoms with van der Waals surface area (Å²) in [5, 5.41) is 57.5. The van der Waals surface area contributed by atoms with Crippen LogP contribution < -0.4 is 20.4 Å². The number of hydrogen-bond donors (Lipinski definition) is 2. The monoisotopic (exact) mass is 596 g/mol. The van der Waals surface area contributed by atoms with Gasteiger partial charge in [0.1, 0.15) is 0 Å². The second kappa shape index (κ2) is 45.5. The van der Waals surface area contributed by atoms with Crippen LogP contribution in [0, 0.1) is 11.8 Å². The first-order valence-electron chi connectivity index (χ1n) is 16.1. The van der Waals surface area contributed by atoms with Gasteiger partial charge in [-0.05, 0) is 24.7 Å². The van der Waals surface area contributed by atoms with Gasteiger partial charge in [0.25, 0.3) is 0 Å². The van der Waals surface area contributed by atoms with Crippen molar-refractivity contribution in [2.24, 2.45) is 11.8 Å². The van der Waals surface area contributed by atoms with Crippen LogP contribution in [0.3, 0.4) is 0 Å². The minimum atomic E-state index is -1.60. The maximum absolute atomic E-state index is 10.0. The van der Waals surface area contributed by atoms with E-state index in [9.17, 15) is 20.4 Å². The molecule has 236 valence electrons. The fraction of sp³-hybridized carbons (Fsp3) is 1.00. The number of rotatable bonds is 22. The topological polar surface area (TPSA) is 133 Å². The summed E-state index contributed by atoms with van der Waals surface area (Å²) in [6.07, 6.45) is 18.0. The van der Waals surface area contributed by atoms with Gasteiger partial charge in [-0.25, -0.2) is 12.6 Å². The van der Waals surface area contributed by atoms with Crippen LogP contribution in [0.4, 0.5) is 0 Å². The van der Waals surface area contributed by atoms with Gasteiger partial charge < -0.3 is 30.6 Å². The van der Waals surface area contributed by atoms with Gasteiger partial charge in [-0.1, -0.05) is 157 Å². The summed E-state index contributed by atoms with van der Waals surface area (Å²) in [6, 6.07) is 0. The van der Waals surface area contributed by atoms with Gasteiger partial charge >= 0.3 is 21.7 Å². The summed E-state index contributed by atoms with van der Waals surface area (Å²) in [6.45, 7) is 13.7. The molecule has 2 unspecified atom stereocenters. The van der Waals surface area contributed by atoms with Crippen molar-refractivity contribution in [3.63, 3.8) is 0 Å². The van der Waals surface area contributed by atoms with E-state index in [4.69, 9.17) is 10.2 Å². The summed E-state index contributed by atoms with van der Waals surface area (Å²) >= 11 is 0. The van der Waals surface area contributed by atoms with Crippen molar-refractivity contribution in [1.82, 2.24) is 0 Å². The Balaban J connectivity index is -0.000000131. The zero-order chi connectivity index (χ0) is 29.9. The standard InChI is InChI=1S/2C8H16O2.2C8H18O.Ti/c2*1-2-3-4-5-6-7-8(9)10;2*1-3-5-6-8(4-2)7-9;/h2*8H,2-7H2,1H3;2*8-9H,3-7H2,1-2H3;/q2*-2;;;+4. The SMILES string of the molecule is CCCCC(CC)CO.CCCCC(CC)CO.CCCCCCCC([O-])[O-].CCCCCCCC([O-])[O-].[Ti+4]. The van der Waals surface area contributed by atoms with Gasteiger partial charge in [-0.2, -0.15) is 0 Å². The minimum absolute atomic E-state index is 0. The van der Waals surface area contributed by atoms with Crippen molar-refractivity contribution < 1.29 is 52.4 Å². The average Bonchev–Trinajstić information content (AvgIpc) is 2.90. The first-order valence-corrected chi connectivity index (χ1v) is 16.1. The maximum atomic E-state index is 10.0. The molecule has 0 aliphatic heterocycles. The van der Waals surface area contributed by atoms with Crippen molar-refractivity contribution in [2.45, 2.75) is 183 Å². The maximum Gasteiger partial charge on any atom is 4.00 e. The van der Waals surface area contributed by atoms with Gasteiger partial charge in [0.2, 0.25) is 0 Å². The largest absolute Gasteiger partial charge is 4.00 e. The van der Waals surface area contributed by atoms with Crippen LogP contribution >= 0.6 is 0 Å².